The molecule has 0 rings (SSSR count). The highest BCUT2D eigenvalue weighted by atomic mass is 31.2. The van der Waals surface area contributed by atoms with Crippen molar-refractivity contribution in [1.29, 1.82) is 0 Å². The van der Waals surface area contributed by atoms with E-state index in [1.807, 2.05) is 0 Å². The third-order valence-electron chi connectivity index (χ3n) is 18.0. The van der Waals surface area contributed by atoms with Crippen LogP contribution in [0.3, 0.4) is 0 Å². The molecule has 0 saturated heterocycles. The van der Waals surface area contributed by atoms with E-state index in [1.54, 1.807) is 0 Å². The van der Waals surface area contributed by atoms with E-state index in [-0.39, 0.29) is 25.7 Å². The van der Waals surface area contributed by atoms with Crippen LogP contribution in [0.5, 0.6) is 0 Å². The van der Waals surface area contributed by atoms with E-state index in [2.05, 4.69) is 72.8 Å². The van der Waals surface area contributed by atoms with Crippen LogP contribution in [0, 0.1) is 17.8 Å². The lowest BCUT2D eigenvalue weighted by Crippen LogP contribution is -2.30. The number of rotatable bonds is 76. The molecule has 0 amide bonds. The van der Waals surface area contributed by atoms with Gasteiger partial charge in [0.05, 0.1) is 26.4 Å². The van der Waals surface area contributed by atoms with Crippen molar-refractivity contribution in [3.63, 3.8) is 0 Å². The molecule has 0 heterocycles. The van der Waals surface area contributed by atoms with Crippen LogP contribution in [0.25, 0.3) is 0 Å². The van der Waals surface area contributed by atoms with Gasteiger partial charge >= 0.3 is 39.5 Å². The molecular formula is C80H152O17P2. The Morgan fingerprint density at radius 3 is 0.818 bits per heavy atom. The minimum Gasteiger partial charge on any atom is -0.462 e. The number of ether oxygens (including phenoxy) is 4. The maximum Gasteiger partial charge on any atom is 0.472 e. The summed E-state index contributed by atoms with van der Waals surface area (Å²) in [5.41, 5.74) is 0. The van der Waals surface area contributed by atoms with Crippen LogP contribution in [0.4, 0.5) is 0 Å². The topological polar surface area (TPSA) is 237 Å². The Morgan fingerprint density at radius 2 is 0.545 bits per heavy atom. The number of aliphatic hydroxyl groups is 1. The molecular weight excluding hydrogens is 1290 g/mol. The molecule has 0 aliphatic carbocycles. The van der Waals surface area contributed by atoms with Crippen LogP contribution in [0.1, 0.15) is 389 Å². The Hall–Kier alpha value is -2.46. The van der Waals surface area contributed by atoms with Gasteiger partial charge in [-0.05, 0) is 69.1 Å². The second-order valence-electron chi connectivity index (χ2n) is 29.5. The minimum atomic E-state index is -4.97. The first kappa shape index (κ1) is 96.5. The Morgan fingerprint density at radius 1 is 0.313 bits per heavy atom. The lowest BCUT2D eigenvalue weighted by molar-refractivity contribution is -0.161. The van der Waals surface area contributed by atoms with E-state index >= 15 is 0 Å². The molecule has 3 unspecified atom stereocenters. The van der Waals surface area contributed by atoms with Crippen LogP contribution >= 0.6 is 15.6 Å². The Balaban J connectivity index is 5.28. The summed E-state index contributed by atoms with van der Waals surface area (Å²) in [5, 5.41) is 10.6. The molecule has 0 aromatic heterocycles. The van der Waals surface area contributed by atoms with Crippen molar-refractivity contribution >= 4 is 39.5 Å². The highest BCUT2D eigenvalue weighted by Crippen LogP contribution is 2.45. The fourth-order valence-corrected chi connectivity index (χ4v) is 13.3. The molecule has 99 heavy (non-hydrogen) atoms. The van der Waals surface area contributed by atoms with Gasteiger partial charge in [-0.3, -0.25) is 37.3 Å². The van der Waals surface area contributed by atoms with Crippen LogP contribution in [0.2, 0.25) is 0 Å². The summed E-state index contributed by atoms with van der Waals surface area (Å²) in [5.74, 6) is 0.146. The number of phosphoric acid groups is 2. The second-order valence-corrected chi connectivity index (χ2v) is 32.5. The predicted octanol–water partition coefficient (Wildman–Crippen LogP) is 23.3. The molecule has 0 aliphatic heterocycles. The number of hydrogen-bond donors (Lipinski definition) is 3. The molecule has 3 N–H and O–H groups in total. The van der Waals surface area contributed by atoms with Crippen LogP contribution in [0.15, 0.2) is 24.3 Å². The molecule has 584 valence electrons. The van der Waals surface area contributed by atoms with Gasteiger partial charge in [-0.1, -0.05) is 336 Å². The SMILES string of the molecule is CCCCCC/C=C\C=C/CCCCCCCC(=O)OC[C@H](COP(=O)(O)OCC(O)COP(=O)(O)OC[C@@H](COC(=O)CCCCCCCCCC(C)C)OC(=O)CCCCCCCCCCCCCCCC(C)C)OC(=O)CCCCCCCCCCCCCCCCCC(C)C. The van der Waals surface area contributed by atoms with Gasteiger partial charge in [0.1, 0.15) is 19.3 Å². The number of esters is 4. The van der Waals surface area contributed by atoms with Crippen molar-refractivity contribution in [2.24, 2.45) is 17.8 Å². The Bertz CT molecular complexity index is 2020. The van der Waals surface area contributed by atoms with Gasteiger partial charge in [0.25, 0.3) is 0 Å². The number of aliphatic hydroxyl groups excluding tert-OH is 1. The largest absolute Gasteiger partial charge is 0.472 e. The number of unbranched alkanes of at least 4 members (excludes halogenated alkanes) is 41. The van der Waals surface area contributed by atoms with Crippen molar-refractivity contribution in [3.05, 3.63) is 24.3 Å². The van der Waals surface area contributed by atoms with Gasteiger partial charge in [-0.25, -0.2) is 9.13 Å². The van der Waals surface area contributed by atoms with Crippen molar-refractivity contribution in [3.8, 4) is 0 Å². The fourth-order valence-electron chi connectivity index (χ4n) is 11.8. The summed E-state index contributed by atoms with van der Waals surface area (Å²) in [6.07, 6.45) is 60.5. The van der Waals surface area contributed by atoms with Crippen molar-refractivity contribution in [1.82, 2.24) is 0 Å². The van der Waals surface area contributed by atoms with E-state index in [0.29, 0.717) is 31.6 Å². The maximum atomic E-state index is 13.1. The molecule has 0 bridgehead atoms. The summed E-state index contributed by atoms with van der Waals surface area (Å²) >= 11 is 0. The first-order valence-corrected chi connectivity index (χ1v) is 43.7. The molecule has 0 radical (unpaired) electrons. The highest BCUT2D eigenvalue weighted by molar-refractivity contribution is 7.47. The van der Waals surface area contributed by atoms with E-state index in [9.17, 15) is 43.2 Å². The molecule has 0 fully saturated rings. The normalized spacial score (nSPS) is 14.2. The summed E-state index contributed by atoms with van der Waals surface area (Å²) in [6.45, 7) is 11.8. The quantitative estimate of drug-likeness (QED) is 0.0169. The highest BCUT2D eigenvalue weighted by Gasteiger charge is 2.30. The van der Waals surface area contributed by atoms with Gasteiger partial charge in [0.2, 0.25) is 0 Å². The van der Waals surface area contributed by atoms with E-state index in [1.165, 1.54) is 173 Å². The van der Waals surface area contributed by atoms with Crippen molar-refractivity contribution < 1.29 is 80.2 Å². The van der Waals surface area contributed by atoms with E-state index in [0.717, 1.165) is 127 Å². The average molecular weight is 1450 g/mol. The average Bonchev–Trinajstić information content (AvgIpc) is 1.04. The van der Waals surface area contributed by atoms with Crippen LogP contribution in [-0.4, -0.2) is 96.7 Å². The molecule has 17 nitrogen and oxygen atoms in total. The second kappa shape index (κ2) is 69.9. The van der Waals surface area contributed by atoms with Gasteiger partial charge < -0.3 is 33.8 Å². The molecule has 5 atom stereocenters. The third kappa shape index (κ3) is 73.6. The van der Waals surface area contributed by atoms with Gasteiger partial charge in [-0.15, -0.1) is 0 Å². The Kier molecular flexibility index (Phi) is 68.1. The molecule has 0 spiro atoms. The minimum absolute atomic E-state index is 0.101. The smallest absolute Gasteiger partial charge is 0.462 e. The summed E-state index contributed by atoms with van der Waals surface area (Å²) < 4.78 is 68.6. The first-order valence-electron chi connectivity index (χ1n) is 40.7. The lowest BCUT2D eigenvalue weighted by atomic mass is 10.0. The number of carbonyl (C=O) groups excluding carboxylic acids is 4. The first-order chi connectivity index (χ1) is 47.7. The van der Waals surface area contributed by atoms with Crippen molar-refractivity contribution in [2.45, 2.75) is 407 Å². The zero-order valence-corrected chi connectivity index (χ0v) is 66.2. The molecule has 0 saturated carbocycles. The van der Waals surface area contributed by atoms with Crippen LogP contribution in [-0.2, 0) is 65.4 Å². The third-order valence-corrected chi connectivity index (χ3v) is 19.9. The summed E-state index contributed by atoms with van der Waals surface area (Å²) in [6, 6.07) is 0. The zero-order chi connectivity index (χ0) is 73.0. The van der Waals surface area contributed by atoms with Gasteiger partial charge in [0.15, 0.2) is 12.2 Å². The molecule has 0 aromatic rings. The molecule has 0 aliphatic rings. The number of allylic oxidation sites excluding steroid dienone is 4. The van der Waals surface area contributed by atoms with Gasteiger partial charge in [0, 0.05) is 25.7 Å². The number of hydrogen-bond acceptors (Lipinski definition) is 15. The van der Waals surface area contributed by atoms with Crippen LogP contribution < -0.4 is 0 Å². The molecule has 19 heteroatoms. The van der Waals surface area contributed by atoms with E-state index in [4.69, 9.17) is 37.0 Å². The number of carbonyl (C=O) groups is 4. The van der Waals surface area contributed by atoms with E-state index < -0.39 is 97.5 Å². The summed E-state index contributed by atoms with van der Waals surface area (Å²) in [4.78, 5) is 72.9. The summed E-state index contributed by atoms with van der Waals surface area (Å²) in [7, 11) is -9.93. The maximum absolute atomic E-state index is 13.1. The van der Waals surface area contributed by atoms with Crippen molar-refractivity contribution in [2.75, 3.05) is 39.6 Å². The molecule has 0 aromatic carbocycles. The fraction of sp³-hybridized carbons (Fsp3) is 0.900. The lowest BCUT2D eigenvalue weighted by Gasteiger charge is -2.21. The van der Waals surface area contributed by atoms with Gasteiger partial charge in [-0.2, -0.15) is 0 Å². The zero-order valence-electron chi connectivity index (χ0n) is 64.4. The monoisotopic (exact) mass is 1450 g/mol. The number of phosphoric ester groups is 2. The Labute approximate surface area is 605 Å². The standard InChI is InChI=1S/C80H152O17P2/c1-8-9-10-11-12-13-14-15-17-23-28-33-40-47-54-61-77(82)90-67-75(96-79(84)63-56-49-41-34-29-24-19-16-18-21-26-31-37-44-51-58-71(2)3)69-94-98(86,87)92-65-74(81)66-93-99(88,89)95-70-76(68-91-78(83)62-55-48-43-36-39-46-53-60-73(6)7)97-80(85)64-57-50-42-35-30-25-20-22-27-32-38-45-52-59-72(4)5/h13-15,17,71-76,81H,8-12,16,18-70H2,1-7H3,(H,86,87)(H,88,89)/b14-13-,17-15-/t74?,75-,76-/m1/s1. The predicted molar refractivity (Wildman–Crippen MR) is 404 cm³/mol.